The van der Waals surface area contributed by atoms with Gasteiger partial charge >= 0.3 is 0 Å². The van der Waals surface area contributed by atoms with Crippen molar-refractivity contribution in [3.63, 3.8) is 0 Å². The third kappa shape index (κ3) is 5.73. The number of hydrogen-bond donors (Lipinski definition) is 1. The van der Waals surface area contributed by atoms with Gasteiger partial charge in [-0.3, -0.25) is 4.79 Å². The number of anilines is 1. The fourth-order valence-electron chi connectivity index (χ4n) is 2.95. The van der Waals surface area contributed by atoms with Gasteiger partial charge in [-0.05, 0) is 66.9 Å². The summed E-state index contributed by atoms with van der Waals surface area (Å²) < 4.78 is 5.81. The molecule has 0 radical (unpaired) electrons. The lowest BCUT2D eigenvalue weighted by Crippen LogP contribution is -2.14. The van der Waals surface area contributed by atoms with Crippen LogP contribution in [0.5, 0.6) is 5.75 Å². The summed E-state index contributed by atoms with van der Waals surface area (Å²) in [6, 6.07) is 22.4. The topological polar surface area (TPSA) is 62.1 Å². The van der Waals surface area contributed by atoms with Crippen LogP contribution >= 0.6 is 11.6 Å². The minimum atomic E-state index is -0.449. The lowest BCUT2D eigenvalue weighted by atomic mass is 10.1. The first-order valence-electron chi connectivity index (χ1n) is 9.42. The predicted octanol–water partition coefficient (Wildman–Crippen LogP) is 6.08. The summed E-state index contributed by atoms with van der Waals surface area (Å²) in [7, 11) is 0. The van der Waals surface area contributed by atoms with Crippen LogP contribution in [0.15, 0.2) is 72.3 Å². The van der Waals surface area contributed by atoms with Crippen molar-refractivity contribution in [3.05, 3.63) is 99.6 Å². The van der Waals surface area contributed by atoms with E-state index >= 15 is 0 Å². The van der Waals surface area contributed by atoms with Crippen molar-refractivity contribution < 1.29 is 9.53 Å². The van der Waals surface area contributed by atoms with Crippen molar-refractivity contribution in [3.8, 4) is 11.8 Å². The lowest BCUT2D eigenvalue weighted by Gasteiger charge is -2.09. The largest absolute Gasteiger partial charge is 0.489 e. The van der Waals surface area contributed by atoms with E-state index in [0.717, 1.165) is 16.7 Å². The molecule has 0 saturated heterocycles. The third-order valence-corrected chi connectivity index (χ3v) is 4.69. The van der Waals surface area contributed by atoms with Crippen LogP contribution in [0.1, 0.15) is 22.3 Å². The molecule has 0 spiro atoms. The number of amides is 1. The zero-order valence-corrected chi connectivity index (χ0v) is 17.5. The maximum Gasteiger partial charge on any atom is 0.266 e. The van der Waals surface area contributed by atoms with Gasteiger partial charge in [-0.2, -0.15) is 5.26 Å². The molecule has 0 unspecified atom stereocenters. The molecule has 3 aromatic rings. The molecule has 0 bridgehead atoms. The molecule has 0 aliphatic carbocycles. The normalized spacial score (nSPS) is 10.9. The lowest BCUT2D eigenvalue weighted by molar-refractivity contribution is -0.112. The molecule has 0 aliphatic rings. The monoisotopic (exact) mass is 416 g/mol. The molecule has 5 heteroatoms. The van der Waals surface area contributed by atoms with E-state index in [1.165, 1.54) is 0 Å². The van der Waals surface area contributed by atoms with E-state index in [1.807, 2.05) is 80.6 Å². The van der Waals surface area contributed by atoms with E-state index in [2.05, 4.69) is 5.32 Å². The van der Waals surface area contributed by atoms with Crippen molar-refractivity contribution in [1.29, 1.82) is 5.26 Å². The number of carbonyl (C=O) groups excluding carboxylic acids is 1. The molecule has 0 fully saturated rings. The number of ether oxygens (including phenoxy) is 1. The maximum atomic E-state index is 12.6. The van der Waals surface area contributed by atoms with E-state index < -0.39 is 5.91 Å². The van der Waals surface area contributed by atoms with Gasteiger partial charge in [0.25, 0.3) is 5.91 Å². The van der Waals surface area contributed by atoms with Crippen molar-refractivity contribution in [2.24, 2.45) is 0 Å². The number of rotatable bonds is 6. The predicted molar refractivity (Wildman–Crippen MR) is 120 cm³/mol. The second kappa shape index (κ2) is 9.78. The first-order valence-corrected chi connectivity index (χ1v) is 9.80. The Morgan fingerprint density at radius 3 is 2.63 bits per heavy atom. The first kappa shape index (κ1) is 21.2. The van der Waals surface area contributed by atoms with Gasteiger partial charge in [-0.25, -0.2) is 0 Å². The Kier molecular flexibility index (Phi) is 6.90. The number of nitriles is 1. The van der Waals surface area contributed by atoms with E-state index in [-0.39, 0.29) is 5.57 Å². The Bertz CT molecular complexity index is 1150. The summed E-state index contributed by atoms with van der Waals surface area (Å²) in [6.07, 6.45) is 1.55. The van der Waals surface area contributed by atoms with Gasteiger partial charge in [-0.15, -0.1) is 0 Å². The SMILES string of the molecule is Cc1ccc(NC(=O)/C(C#N)=C\c2cccc(OCc3cccc(Cl)c3)c2)c(C)c1. The highest BCUT2D eigenvalue weighted by atomic mass is 35.5. The van der Waals surface area contributed by atoms with Gasteiger partial charge in [0.15, 0.2) is 0 Å². The number of nitrogens with one attached hydrogen (secondary N) is 1. The van der Waals surface area contributed by atoms with Crippen LogP contribution < -0.4 is 10.1 Å². The Labute approximate surface area is 181 Å². The van der Waals surface area contributed by atoms with Crippen LogP contribution in [-0.2, 0) is 11.4 Å². The maximum absolute atomic E-state index is 12.6. The molecular weight excluding hydrogens is 396 g/mol. The minimum Gasteiger partial charge on any atom is -0.489 e. The van der Waals surface area contributed by atoms with Crippen LogP contribution in [0.4, 0.5) is 5.69 Å². The average Bonchev–Trinajstić information content (AvgIpc) is 2.73. The highest BCUT2D eigenvalue weighted by molar-refractivity contribution is 6.30. The van der Waals surface area contributed by atoms with Gasteiger partial charge in [0, 0.05) is 10.7 Å². The van der Waals surface area contributed by atoms with E-state index in [9.17, 15) is 10.1 Å². The molecule has 0 atom stereocenters. The summed E-state index contributed by atoms with van der Waals surface area (Å²) in [5.41, 5.74) is 4.40. The highest BCUT2D eigenvalue weighted by Gasteiger charge is 2.11. The number of halogens is 1. The van der Waals surface area contributed by atoms with Gasteiger partial charge < -0.3 is 10.1 Å². The molecule has 4 nitrogen and oxygen atoms in total. The number of aryl methyl sites for hydroxylation is 2. The van der Waals surface area contributed by atoms with Crippen molar-refractivity contribution in [1.82, 2.24) is 0 Å². The summed E-state index contributed by atoms with van der Waals surface area (Å²) in [4.78, 5) is 12.6. The second-order valence-electron chi connectivity index (χ2n) is 6.93. The van der Waals surface area contributed by atoms with Crippen molar-refractivity contribution in [2.75, 3.05) is 5.32 Å². The molecule has 3 aromatic carbocycles. The molecule has 0 aromatic heterocycles. The van der Waals surface area contributed by atoms with Gasteiger partial charge in [0.2, 0.25) is 0 Å². The second-order valence-corrected chi connectivity index (χ2v) is 7.37. The summed E-state index contributed by atoms with van der Waals surface area (Å²) in [5.74, 6) is 0.186. The Balaban J connectivity index is 1.73. The molecule has 0 heterocycles. The van der Waals surface area contributed by atoms with Gasteiger partial charge in [-0.1, -0.05) is 53.6 Å². The molecule has 3 rings (SSSR count). The fourth-order valence-corrected chi connectivity index (χ4v) is 3.16. The van der Waals surface area contributed by atoms with Gasteiger partial charge in [0.1, 0.15) is 24.0 Å². The smallest absolute Gasteiger partial charge is 0.266 e. The van der Waals surface area contributed by atoms with Crippen LogP contribution in [0.2, 0.25) is 5.02 Å². The quantitative estimate of drug-likeness (QED) is 0.391. The van der Waals surface area contributed by atoms with Crippen LogP contribution in [0.25, 0.3) is 6.08 Å². The Morgan fingerprint density at radius 1 is 1.10 bits per heavy atom. The molecule has 150 valence electrons. The molecular formula is C25H21ClN2O2. The minimum absolute atomic E-state index is 0.0157. The third-order valence-electron chi connectivity index (χ3n) is 4.46. The zero-order chi connectivity index (χ0) is 21.5. The molecule has 30 heavy (non-hydrogen) atoms. The van der Waals surface area contributed by atoms with Crippen LogP contribution in [0, 0.1) is 25.2 Å². The molecule has 0 saturated carbocycles. The van der Waals surface area contributed by atoms with E-state index in [1.54, 1.807) is 12.1 Å². The number of carbonyl (C=O) groups is 1. The summed E-state index contributed by atoms with van der Waals surface area (Å²) >= 11 is 6.00. The average molecular weight is 417 g/mol. The summed E-state index contributed by atoms with van der Waals surface area (Å²) in [6.45, 7) is 4.27. The Morgan fingerprint density at radius 2 is 1.90 bits per heavy atom. The Hall–Kier alpha value is -3.55. The molecule has 1 N–H and O–H groups in total. The molecule has 0 aliphatic heterocycles. The highest BCUT2D eigenvalue weighted by Crippen LogP contribution is 2.20. The fraction of sp³-hybridized carbons (Fsp3) is 0.120. The van der Waals surface area contributed by atoms with Crippen molar-refractivity contribution in [2.45, 2.75) is 20.5 Å². The summed E-state index contributed by atoms with van der Waals surface area (Å²) in [5, 5.41) is 12.9. The standard InChI is InChI=1S/C25H21ClN2O2/c1-17-9-10-24(18(2)11-17)28-25(29)21(15-27)12-19-5-4-8-23(14-19)30-16-20-6-3-7-22(26)13-20/h3-14H,16H2,1-2H3,(H,28,29)/b21-12-. The van der Waals surface area contributed by atoms with E-state index in [0.29, 0.717) is 28.6 Å². The molecule has 1 amide bonds. The number of nitrogens with zero attached hydrogens (tertiary/aromatic N) is 1. The van der Waals surface area contributed by atoms with Crippen LogP contribution in [-0.4, -0.2) is 5.91 Å². The van der Waals surface area contributed by atoms with Crippen molar-refractivity contribution >= 4 is 29.3 Å². The van der Waals surface area contributed by atoms with Gasteiger partial charge in [0.05, 0.1) is 0 Å². The first-order chi connectivity index (χ1) is 14.4. The number of hydrogen-bond acceptors (Lipinski definition) is 3. The van der Waals surface area contributed by atoms with Crippen LogP contribution in [0.3, 0.4) is 0 Å². The van der Waals surface area contributed by atoms with E-state index in [4.69, 9.17) is 16.3 Å². The number of benzene rings is 3. The zero-order valence-electron chi connectivity index (χ0n) is 16.8.